The molecule has 176 valence electrons. The van der Waals surface area contributed by atoms with Crippen molar-refractivity contribution in [1.82, 2.24) is 14.8 Å². The maximum atomic E-state index is 14.2. The van der Waals surface area contributed by atoms with Gasteiger partial charge in [0.25, 0.3) is 0 Å². The lowest BCUT2D eigenvalue weighted by molar-refractivity contribution is -0.146. The normalized spacial score (nSPS) is 21.2. The van der Waals surface area contributed by atoms with E-state index in [-0.39, 0.29) is 11.7 Å². The predicted molar refractivity (Wildman–Crippen MR) is 128 cm³/mol. The molecule has 6 rings (SSSR count). The van der Waals surface area contributed by atoms with Crippen LogP contribution in [-0.2, 0) is 16.0 Å². The molecule has 0 atom stereocenters. The zero-order valence-corrected chi connectivity index (χ0v) is 19.2. The third kappa shape index (κ3) is 3.50. The summed E-state index contributed by atoms with van der Waals surface area (Å²) in [5.74, 6) is -0.452. The average molecular weight is 462 g/mol. The molecule has 0 bridgehead atoms. The van der Waals surface area contributed by atoms with Crippen LogP contribution in [0, 0.1) is 24.6 Å². The molecule has 4 aromatic rings. The third-order valence-electron chi connectivity index (χ3n) is 7.76. The first-order valence-corrected chi connectivity index (χ1v) is 12.1. The fourth-order valence-corrected chi connectivity index (χ4v) is 5.86. The first-order valence-electron chi connectivity index (χ1n) is 12.1. The fourth-order valence-electron chi connectivity index (χ4n) is 5.86. The van der Waals surface area contributed by atoms with Gasteiger partial charge in [0.15, 0.2) is 0 Å². The van der Waals surface area contributed by atoms with Crippen molar-refractivity contribution < 1.29 is 19.0 Å². The minimum Gasteiger partial charge on any atom is -0.481 e. The second-order valence-corrected chi connectivity index (χ2v) is 9.92. The molecule has 1 saturated heterocycles. The lowest BCUT2D eigenvalue weighted by Gasteiger charge is -2.33. The highest BCUT2D eigenvalue weighted by Gasteiger charge is 2.36. The number of carboxylic acids is 1. The summed E-state index contributed by atoms with van der Waals surface area (Å²) in [6, 6.07) is 9.67. The molecule has 0 amide bonds. The summed E-state index contributed by atoms with van der Waals surface area (Å²) in [5, 5.41) is 18.9. The molecule has 2 aromatic carbocycles. The molecule has 1 saturated carbocycles. The van der Waals surface area contributed by atoms with Crippen molar-refractivity contribution >= 4 is 27.8 Å². The van der Waals surface area contributed by atoms with Crippen molar-refractivity contribution in [3.8, 4) is 5.69 Å². The second-order valence-electron chi connectivity index (χ2n) is 9.92. The van der Waals surface area contributed by atoms with E-state index in [2.05, 4.69) is 26.9 Å². The Morgan fingerprint density at radius 1 is 1.24 bits per heavy atom. The third-order valence-corrected chi connectivity index (χ3v) is 7.76. The van der Waals surface area contributed by atoms with Gasteiger partial charge in [-0.3, -0.25) is 9.89 Å². The van der Waals surface area contributed by atoms with Crippen LogP contribution in [0.4, 0.5) is 4.39 Å². The molecule has 1 aliphatic heterocycles. The van der Waals surface area contributed by atoms with Gasteiger partial charge in [0.05, 0.1) is 23.1 Å². The van der Waals surface area contributed by atoms with Crippen LogP contribution in [0.5, 0.6) is 0 Å². The monoisotopic (exact) mass is 461 g/mol. The number of nitrogens with one attached hydrogen (secondary N) is 1. The number of hydrogen-bond donors (Lipinski definition) is 2. The van der Waals surface area contributed by atoms with Crippen molar-refractivity contribution in [3.63, 3.8) is 0 Å². The standard InChI is InChI=1S/C27H28FN3O3/c1-15-8-20(2-3-23(15)28)31-25-12-19-14-29-30-24(19)13-21(25)22(11-16-9-18(10-16)27(32)33)26(31)17-4-6-34-7-5-17/h2-3,8,12-14,16-18H,4-7,9-11H2,1H3,(H,29,30)(H,32,33)/t16-,18+. The molecule has 0 unspecified atom stereocenters. The topological polar surface area (TPSA) is 80.1 Å². The lowest BCUT2D eigenvalue weighted by Crippen LogP contribution is -2.31. The molecule has 0 radical (unpaired) electrons. The number of aliphatic carboxylic acids is 1. The SMILES string of the molecule is Cc1cc(-n2c(C3CCOCC3)c(C[C@H]3C[C@@H](C(=O)O)C3)c3cc4[nH]ncc4cc32)ccc1F. The Morgan fingerprint density at radius 2 is 2.03 bits per heavy atom. The van der Waals surface area contributed by atoms with Gasteiger partial charge >= 0.3 is 5.97 Å². The largest absolute Gasteiger partial charge is 0.481 e. The van der Waals surface area contributed by atoms with Crippen LogP contribution in [0.2, 0.25) is 0 Å². The highest BCUT2D eigenvalue weighted by molar-refractivity contribution is 5.98. The van der Waals surface area contributed by atoms with E-state index in [0.29, 0.717) is 17.4 Å². The molecule has 2 fully saturated rings. The Labute approximate surface area is 196 Å². The number of fused-ring (bicyclic) bond motifs is 2. The number of aromatic amines is 1. The van der Waals surface area contributed by atoms with Crippen LogP contribution in [-0.4, -0.2) is 39.1 Å². The van der Waals surface area contributed by atoms with Gasteiger partial charge in [0.2, 0.25) is 0 Å². The Hall–Kier alpha value is -3.19. The number of carboxylic acid groups (broad SMARTS) is 1. The van der Waals surface area contributed by atoms with Gasteiger partial charge in [-0.1, -0.05) is 0 Å². The Morgan fingerprint density at radius 3 is 2.76 bits per heavy atom. The molecule has 7 heteroatoms. The number of aromatic nitrogens is 3. The smallest absolute Gasteiger partial charge is 0.306 e. The van der Waals surface area contributed by atoms with E-state index in [1.165, 1.54) is 16.6 Å². The predicted octanol–water partition coefficient (Wildman–Crippen LogP) is 5.50. The lowest BCUT2D eigenvalue weighted by atomic mass is 9.71. The number of hydrogen-bond acceptors (Lipinski definition) is 3. The minimum atomic E-state index is -0.690. The van der Waals surface area contributed by atoms with E-state index in [1.54, 1.807) is 13.0 Å². The molecule has 2 N–H and O–H groups in total. The number of benzene rings is 2. The molecule has 6 nitrogen and oxygen atoms in total. The maximum absolute atomic E-state index is 14.2. The van der Waals surface area contributed by atoms with Gasteiger partial charge in [0, 0.05) is 41.3 Å². The van der Waals surface area contributed by atoms with E-state index in [4.69, 9.17) is 4.74 Å². The number of halogens is 1. The Bertz CT molecular complexity index is 1390. The van der Waals surface area contributed by atoms with Gasteiger partial charge in [-0.05, 0) is 86.4 Å². The summed E-state index contributed by atoms with van der Waals surface area (Å²) in [4.78, 5) is 11.4. The number of rotatable bonds is 5. The number of nitrogens with zero attached hydrogens (tertiary/aromatic N) is 2. The van der Waals surface area contributed by atoms with Crippen molar-refractivity contribution in [2.75, 3.05) is 13.2 Å². The summed E-state index contributed by atoms with van der Waals surface area (Å²) in [6.07, 6.45) is 5.99. The van der Waals surface area contributed by atoms with Crippen LogP contribution < -0.4 is 0 Å². The van der Waals surface area contributed by atoms with E-state index in [9.17, 15) is 14.3 Å². The minimum absolute atomic E-state index is 0.209. The van der Waals surface area contributed by atoms with Gasteiger partial charge in [-0.15, -0.1) is 0 Å². The maximum Gasteiger partial charge on any atom is 0.306 e. The summed E-state index contributed by atoms with van der Waals surface area (Å²) in [5.41, 5.74) is 6.20. The Balaban J connectivity index is 1.58. The van der Waals surface area contributed by atoms with Crippen molar-refractivity contribution in [1.29, 1.82) is 0 Å². The van der Waals surface area contributed by atoms with E-state index >= 15 is 0 Å². The van der Waals surface area contributed by atoms with Gasteiger partial charge in [-0.25, -0.2) is 4.39 Å². The van der Waals surface area contributed by atoms with Crippen molar-refractivity contribution in [3.05, 3.63) is 59.2 Å². The van der Waals surface area contributed by atoms with Crippen LogP contribution in [0.3, 0.4) is 0 Å². The van der Waals surface area contributed by atoms with E-state index < -0.39 is 5.97 Å². The highest BCUT2D eigenvalue weighted by atomic mass is 19.1. The van der Waals surface area contributed by atoms with Crippen molar-refractivity contribution in [2.24, 2.45) is 11.8 Å². The molecule has 3 heterocycles. The summed E-state index contributed by atoms with van der Waals surface area (Å²) >= 11 is 0. The van der Waals surface area contributed by atoms with Crippen LogP contribution >= 0.6 is 0 Å². The van der Waals surface area contributed by atoms with E-state index in [0.717, 1.165) is 67.4 Å². The number of aryl methyl sites for hydroxylation is 1. The number of ether oxygens (including phenoxy) is 1. The van der Waals surface area contributed by atoms with Crippen LogP contribution in [0.15, 0.2) is 36.5 Å². The molecular formula is C27H28FN3O3. The second kappa shape index (κ2) is 8.24. The first kappa shape index (κ1) is 21.4. The van der Waals surface area contributed by atoms with Gasteiger partial charge in [0.1, 0.15) is 5.82 Å². The fraction of sp³-hybridized carbons (Fsp3) is 0.407. The summed E-state index contributed by atoms with van der Waals surface area (Å²) < 4.78 is 22.2. The quantitative estimate of drug-likeness (QED) is 0.411. The molecule has 1 aliphatic carbocycles. The Kier molecular flexibility index (Phi) is 5.17. The molecule has 0 spiro atoms. The van der Waals surface area contributed by atoms with Crippen molar-refractivity contribution in [2.45, 2.75) is 44.9 Å². The molecule has 34 heavy (non-hydrogen) atoms. The average Bonchev–Trinajstić information content (AvgIpc) is 3.38. The van der Waals surface area contributed by atoms with Gasteiger partial charge < -0.3 is 14.4 Å². The zero-order chi connectivity index (χ0) is 23.4. The molecular weight excluding hydrogens is 433 g/mol. The first-order chi connectivity index (χ1) is 16.5. The highest BCUT2D eigenvalue weighted by Crippen LogP contribution is 2.44. The molecule has 2 aliphatic rings. The summed E-state index contributed by atoms with van der Waals surface area (Å²) in [6.45, 7) is 3.25. The van der Waals surface area contributed by atoms with Crippen LogP contribution in [0.25, 0.3) is 27.5 Å². The van der Waals surface area contributed by atoms with Gasteiger partial charge in [-0.2, -0.15) is 5.10 Å². The number of H-pyrrole nitrogens is 1. The molecule has 2 aromatic heterocycles. The number of carbonyl (C=O) groups is 1. The summed E-state index contributed by atoms with van der Waals surface area (Å²) in [7, 11) is 0. The zero-order valence-electron chi connectivity index (χ0n) is 19.2. The van der Waals surface area contributed by atoms with Crippen LogP contribution in [0.1, 0.15) is 48.4 Å². The van der Waals surface area contributed by atoms with E-state index in [1.807, 2.05) is 18.3 Å².